The second-order valence-corrected chi connectivity index (χ2v) is 3.70. The molecule has 106 valence electrons. The van der Waals surface area contributed by atoms with E-state index in [9.17, 15) is 10.1 Å². The SMILES string of the molecule is CCOc1ccc(O)cc1.O=[N+]([O-])c1ccc(O)cc1. The van der Waals surface area contributed by atoms with Crippen LogP contribution in [-0.2, 0) is 0 Å². The van der Waals surface area contributed by atoms with Gasteiger partial charge in [0.1, 0.15) is 17.2 Å². The van der Waals surface area contributed by atoms with E-state index in [2.05, 4.69) is 0 Å². The van der Waals surface area contributed by atoms with Crippen molar-refractivity contribution in [3.05, 3.63) is 58.6 Å². The van der Waals surface area contributed by atoms with Gasteiger partial charge in [0, 0.05) is 12.1 Å². The van der Waals surface area contributed by atoms with Crippen molar-refractivity contribution in [3.8, 4) is 17.2 Å². The van der Waals surface area contributed by atoms with E-state index in [1.54, 1.807) is 24.3 Å². The summed E-state index contributed by atoms with van der Waals surface area (Å²) in [5.41, 5.74) is -0.0159. The number of phenolic OH excluding ortho intramolecular Hbond substituents is 2. The van der Waals surface area contributed by atoms with Gasteiger partial charge in [-0.05, 0) is 43.3 Å². The van der Waals surface area contributed by atoms with Crippen molar-refractivity contribution in [1.29, 1.82) is 0 Å². The predicted octanol–water partition coefficient (Wildman–Crippen LogP) is 3.09. The number of phenols is 2. The highest BCUT2D eigenvalue weighted by atomic mass is 16.6. The number of non-ortho nitro benzene ring substituents is 1. The topological polar surface area (TPSA) is 92.8 Å². The van der Waals surface area contributed by atoms with Gasteiger partial charge >= 0.3 is 0 Å². The Labute approximate surface area is 116 Å². The van der Waals surface area contributed by atoms with Gasteiger partial charge in [0.05, 0.1) is 11.5 Å². The van der Waals surface area contributed by atoms with Crippen LogP contribution in [0.5, 0.6) is 17.2 Å². The first-order chi connectivity index (χ1) is 9.52. The number of ether oxygens (including phenoxy) is 1. The minimum atomic E-state index is -0.514. The average Bonchev–Trinajstić information content (AvgIpc) is 2.43. The van der Waals surface area contributed by atoms with Gasteiger partial charge in [0.2, 0.25) is 0 Å². The number of benzene rings is 2. The lowest BCUT2D eigenvalue weighted by Gasteiger charge is -2.00. The number of rotatable bonds is 3. The van der Waals surface area contributed by atoms with Gasteiger partial charge in [-0.3, -0.25) is 10.1 Å². The second kappa shape index (κ2) is 7.63. The zero-order valence-electron chi connectivity index (χ0n) is 10.9. The molecule has 0 saturated heterocycles. The Bertz CT molecular complexity index is 536. The maximum Gasteiger partial charge on any atom is 0.269 e. The molecule has 6 nitrogen and oxygen atoms in total. The van der Waals surface area contributed by atoms with Crippen LogP contribution in [0.15, 0.2) is 48.5 Å². The van der Waals surface area contributed by atoms with Crippen molar-refractivity contribution < 1.29 is 19.9 Å². The zero-order valence-corrected chi connectivity index (χ0v) is 10.9. The molecule has 0 amide bonds. The van der Waals surface area contributed by atoms with E-state index >= 15 is 0 Å². The molecular weight excluding hydrogens is 262 g/mol. The van der Waals surface area contributed by atoms with Crippen LogP contribution in [-0.4, -0.2) is 21.7 Å². The van der Waals surface area contributed by atoms with Crippen LogP contribution in [0.25, 0.3) is 0 Å². The molecule has 0 saturated carbocycles. The first kappa shape index (κ1) is 15.3. The lowest BCUT2D eigenvalue weighted by atomic mass is 10.3. The highest BCUT2D eigenvalue weighted by Crippen LogP contribution is 2.15. The van der Waals surface area contributed by atoms with E-state index in [-0.39, 0.29) is 17.2 Å². The van der Waals surface area contributed by atoms with Crippen molar-refractivity contribution in [1.82, 2.24) is 0 Å². The van der Waals surface area contributed by atoms with Crippen molar-refractivity contribution >= 4 is 5.69 Å². The Hall–Kier alpha value is -2.76. The Morgan fingerprint density at radius 2 is 1.45 bits per heavy atom. The molecule has 0 aliphatic heterocycles. The van der Waals surface area contributed by atoms with Crippen LogP contribution in [0.1, 0.15) is 6.92 Å². The van der Waals surface area contributed by atoms with Crippen LogP contribution in [0.3, 0.4) is 0 Å². The third kappa shape index (κ3) is 5.26. The monoisotopic (exact) mass is 277 g/mol. The zero-order chi connectivity index (χ0) is 15.0. The molecule has 2 aromatic rings. The number of nitrogens with zero attached hydrogens (tertiary/aromatic N) is 1. The Balaban J connectivity index is 0.000000200. The lowest BCUT2D eigenvalue weighted by molar-refractivity contribution is -0.384. The summed E-state index contributed by atoms with van der Waals surface area (Å²) in [5, 5.41) is 27.6. The van der Waals surface area contributed by atoms with Crippen molar-refractivity contribution in [2.45, 2.75) is 6.92 Å². The quantitative estimate of drug-likeness (QED) is 0.664. The maximum absolute atomic E-state index is 10.0. The largest absolute Gasteiger partial charge is 0.508 e. The molecule has 0 bridgehead atoms. The molecule has 0 aromatic heterocycles. The Morgan fingerprint density at radius 3 is 1.85 bits per heavy atom. The summed E-state index contributed by atoms with van der Waals surface area (Å²) in [6, 6.07) is 11.7. The van der Waals surface area contributed by atoms with Gasteiger partial charge in [0.25, 0.3) is 5.69 Å². The van der Waals surface area contributed by atoms with Gasteiger partial charge in [-0.15, -0.1) is 0 Å². The molecule has 2 rings (SSSR count). The third-order valence-electron chi connectivity index (χ3n) is 2.21. The van der Waals surface area contributed by atoms with Gasteiger partial charge in [-0.25, -0.2) is 0 Å². The van der Waals surface area contributed by atoms with E-state index in [1.807, 2.05) is 6.92 Å². The van der Waals surface area contributed by atoms with Crippen molar-refractivity contribution in [2.75, 3.05) is 6.61 Å². The minimum absolute atomic E-state index is 0.0159. The fraction of sp³-hybridized carbons (Fsp3) is 0.143. The number of aromatic hydroxyl groups is 2. The van der Waals surface area contributed by atoms with Crippen LogP contribution in [0.4, 0.5) is 5.69 Å². The summed E-state index contributed by atoms with van der Waals surface area (Å²) in [7, 11) is 0. The average molecular weight is 277 g/mol. The summed E-state index contributed by atoms with van der Waals surface area (Å²) >= 11 is 0. The lowest BCUT2D eigenvalue weighted by Crippen LogP contribution is -1.89. The van der Waals surface area contributed by atoms with Crippen LogP contribution in [0.2, 0.25) is 0 Å². The smallest absolute Gasteiger partial charge is 0.269 e. The van der Waals surface area contributed by atoms with Crippen LogP contribution < -0.4 is 4.74 Å². The fourth-order valence-corrected chi connectivity index (χ4v) is 1.28. The molecular formula is C14H15NO5. The Morgan fingerprint density at radius 1 is 1.00 bits per heavy atom. The predicted molar refractivity (Wildman–Crippen MR) is 74.0 cm³/mol. The van der Waals surface area contributed by atoms with Crippen LogP contribution in [0, 0.1) is 10.1 Å². The highest BCUT2D eigenvalue weighted by molar-refractivity contribution is 5.35. The molecule has 0 atom stereocenters. The first-order valence-corrected chi connectivity index (χ1v) is 5.88. The van der Waals surface area contributed by atoms with Gasteiger partial charge in [0.15, 0.2) is 0 Å². The molecule has 0 radical (unpaired) electrons. The molecule has 2 aromatic carbocycles. The standard InChI is InChI=1S/C8H10O2.C6H5NO3/c1-2-10-8-5-3-7(9)4-6-8;8-6-3-1-5(2-4-6)7(9)10/h3-6,9H,2H2,1H3;1-4,8H. The molecule has 0 spiro atoms. The van der Waals surface area contributed by atoms with Gasteiger partial charge in [-0.1, -0.05) is 0 Å². The van der Waals surface area contributed by atoms with Gasteiger partial charge in [-0.2, -0.15) is 0 Å². The molecule has 20 heavy (non-hydrogen) atoms. The summed E-state index contributed by atoms with van der Waals surface area (Å²) in [5.74, 6) is 1.09. The molecule has 6 heteroatoms. The van der Waals surface area contributed by atoms with E-state index in [1.165, 1.54) is 24.3 Å². The number of nitro benzene ring substituents is 1. The number of nitro groups is 1. The molecule has 0 heterocycles. The highest BCUT2D eigenvalue weighted by Gasteiger charge is 2.01. The van der Waals surface area contributed by atoms with E-state index < -0.39 is 4.92 Å². The van der Waals surface area contributed by atoms with E-state index in [0.29, 0.717) is 6.61 Å². The normalized spacial score (nSPS) is 9.25. The van der Waals surface area contributed by atoms with Crippen LogP contribution >= 0.6 is 0 Å². The number of hydrogen-bond acceptors (Lipinski definition) is 5. The molecule has 0 fully saturated rings. The van der Waals surface area contributed by atoms with Crippen molar-refractivity contribution in [2.24, 2.45) is 0 Å². The van der Waals surface area contributed by atoms with Gasteiger partial charge < -0.3 is 14.9 Å². The third-order valence-corrected chi connectivity index (χ3v) is 2.21. The van der Waals surface area contributed by atoms with E-state index in [4.69, 9.17) is 14.9 Å². The van der Waals surface area contributed by atoms with E-state index in [0.717, 1.165) is 5.75 Å². The second-order valence-electron chi connectivity index (χ2n) is 3.70. The fourth-order valence-electron chi connectivity index (χ4n) is 1.28. The molecule has 0 unspecified atom stereocenters. The summed E-state index contributed by atoms with van der Waals surface area (Å²) in [4.78, 5) is 9.52. The molecule has 2 N–H and O–H groups in total. The summed E-state index contributed by atoms with van der Waals surface area (Å²) in [6.07, 6.45) is 0. The summed E-state index contributed by atoms with van der Waals surface area (Å²) in [6.45, 7) is 2.58. The molecule has 0 aliphatic rings. The first-order valence-electron chi connectivity index (χ1n) is 5.88. The van der Waals surface area contributed by atoms with Crippen molar-refractivity contribution in [3.63, 3.8) is 0 Å². The molecule has 0 aliphatic carbocycles. The summed E-state index contributed by atoms with van der Waals surface area (Å²) < 4.78 is 5.15. The number of hydrogen-bond donors (Lipinski definition) is 2. The minimum Gasteiger partial charge on any atom is -0.508 e. The Kier molecular flexibility index (Phi) is 5.83. The maximum atomic E-state index is 10.0.